The summed E-state index contributed by atoms with van der Waals surface area (Å²) in [5.74, 6) is -2.47. The molecule has 0 aliphatic heterocycles. The van der Waals surface area contributed by atoms with Crippen molar-refractivity contribution in [3.05, 3.63) is 35.4 Å². The lowest BCUT2D eigenvalue weighted by atomic mass is 10.1. The Labute approximate surface area is 85.7 Å². The summed E-state index contributed by atoms with van der Waals surface area (Å²) < 4.78 is 25.7. The molecule has 1 atom stereocenters. The second-order valence-electron chi connectivity index (χ2n) is 3.12. The van der Waals surface area contributed by atoms with E-state index in [9.17, 15) is 13.6 Å². The third-order valence-corrected chi connectivity index (χ3v) is 2.09. The largest absolute Gasteiger partial charge is 0.480 e. The van der Waals surface area contributed by atoms with E-state index in [0.29, 0.717) is 0 Å². The van der Waals surface area contributed by atoms with Crippen LogP contribution in [0.5, 0.6) is 0 Å². The van der Waals surface area contributed by atoms with Gasteiger partial charge in [-0.2, -0.15) is 0 Å². The van der Waals surface area contributed by atoms with Crippen molar-refractivity contribution in [2.24, 2.45) is 0 Å². The van der Waals surface area contributed by atoms with Crippen LogP contribution in [0.1, 0.15) is 5.56 Å². The minimum Gasteiger partial charge on any atom is -0.480 e. The zero-order valence-electron chi connectivity index (χ0n) is 8.13. The number of rotatable bonds is 4. The molecule has 3 nitrogen and oxygen atoms in total. The molecule has 5 heteroatoms. The topological polar surface area (TPSA) is 49.3 Å². The maximum absolute atomic E-state index is 13.1. The van der Waals surface area contributed by atoms with Gasteiger partial charge in [0.15, 0.2) is 0 Å². The van der Waals surface area contributed by atoms with Crippen molar-refractivity contribution in [2.45, 2.75) is 12.5 Å². The number of hydrogen-bond acceptors (Lipinski definition) is 2. The average molecular weight is 215 g/mol. The van der Waals surface area contributed by atoms with E-state index in [1.165, 1.54) is 13.1 Å². The molecule has 1 aromatic rings. The number of aliphatic carboxylic acids is 1. The molecule has 1 rings (SSSR count). The lowest BCUT2D eigenvalue weighted by Gasteiger charge is -2.11. The highest BCUT2D eigenvalue weighted by Crippen LogP contribution is 2.11. The Morgan fingerprint density at radius 1 is 1.53 bits per heavy atom. The van der Waals surface area contributed by atoms with E-state index in [2.05, 4.69) is 5.32 Å². The number of carbonyl (C=O) groups is 1. The van der Waals surface area contributed by atoms with Gasteiger partial charge in [-0.1, -0.05) is 6.07 Å². The zero-order valence-corrected chi connectivity index (χ0v) is 8.13. The van der Waals surface area contributed by atoms with Crippen LogP contribution < -0.4 is 5.32 Å². The molecule has 0 bridgehead atoms. The molecule has 0 aliphatic rings. The Bertz CT molecular complexity index is 368. The van der Waals surface area contributed by atoms with E-state index < -0.39 is 23.6 Å². The fraction of sp³-hybridized carbons (Fsp3) is 0.300. The monoisotopic (exact) mass is 215 g/mol. The molecule has 0 aliphatic carbocycles. The summed E-state index contributed by atoms with van der Waals surface area (Å²) >= 11 is 0. The predicted octanol–water partition coefficient (Wildman–Crippen LogP) is 1.18. The number of carboxylic acid groups (broad SMARTS) is 1. The molecule has 0 radical (unpaired) electrons. The fourth-order valence-corrected chi connectivity index (χ4v) is 1.22. The molecule has 0 amide bonds. The van der Waals surface area contributed by atoms with Gasteiger partial charge in [-0.15, -0.1) is 0 Å². The Kier molecular flexibility index (Phi) is 3.74. The van der Waals surface area contributed by atoms with E-state index in [-0.39, 0.29) is 12.0 Å². The van der Waals surface area contributed by atoms with Gasteiger partial charge in [0, 0.05) is 12.5 Å². The number of halogens is 2. The molecule has 0 fully saturated rings. The summed E-state index contributed by atoms with van der Waals surface area (Å²) in [6, 6.07) is 2.22. The minimum atomic E-state index is -1.07. The summed E-state index contributed by atoms with van der Waals surface area (Å²) in [7, 11) is 1.47. The van der Waals surface area contributed by atoms with Crippen LogP contribution in [0.2, 0.25) is 0 Å². The molecule has 1 aromatic carbocycles. The van der Waals surface area contributed by atoms with E-state index in [0.717, 1.165) is 12.1 Å². The molecular weight excluding hydrogens is 204 g/mol. The first-order valence-electron chi connectivity index (χ1n) is 4.38. The van der Waals surface area contributed by atoms with Gasteiger partial charge >= 0.3 is 5.97 Å². The second-order valence-corrected chi connectivity index (χ2v) is 3.12. The highest BCUT2D eigenvalue weighted by molar-refractivity contribution is 5.73. The summed E-state index contributed by atoms with van der Waals surface area (Å²) in [6.07, 6.45) is -0.0159. The molecule has 82 valence electrons. The van der Waals surface area contributed by atoms with Crippen LogP contribution in [0, 0.1) is 11.6 Å². The van der Waals surface area contributed by atoms with Crippen LogP contribution in [0.25, 0.3) is 0 Å². The fourth-order valence-electron chi connectivity index (χ4n) is 1.22. The molecular formula is C10H11F2NO2. The van der Waals surface area contributed by atoms with Crippen LogP contribution in [0.15, 0.2) is 18.2 Å². The van der Waals surface area contributed by atoms with E-state index in [1.54, 1.807) is 0 Å². The molecule has 0 unspecified atom stereocenters. The molecule has 2 N–H and O–H groups in total. The Balaban J connectivity index is 2.84. The summed E-state index contributed by atoms with van der Waals surface area (Å²) in [5, 5.41) is 11.3. The van der Waals surface area contributed by atoms with Gasteiger partial charge in [0.1, 0.15) is 17.7 Å². The van der Waals surface area contributed by atoms with Crippen molar-refractivity contribution in [2.75, 3.05) is 7.05 Å². The lowest BCUT2D eigenvalue weighted by molar-refractivity contribution is -0.139. The molecule has 0 saturated carbocycles. The molecule has 0 heterocycles. The van der Waals surface area contributed by atoms with Crippen molar-refractivity contribution in [1.82, 2.24) is 5.32 Å². The quantitative estimate of drug-likeness (QED) is 0.792. The molecule has 0 aromatic heterocycles. The normalized spacial score (nSPS) is 12.5. The Morgan fingerprint density at radius 2 is 2.20 bits per heavy atom. The third kappa shape index (κ3) is 2.99. The second kappa shape index (κ2) is 4.84. The number of nitrogens with one attached hydrogen (secondary N) is 1. The first kappa shape index (κ1) is 11.6. The summed E-state index contributed by atoms with van der Waals surface area (Å²) in [6.45, 7) is 0. The number of carboxylic acids is 1. The Morgan fingerprint density at radius 3 is 2.67 bits per heavy atom. The van der Waals surface area contributed by atoms with Crippen LogP contribution in [0.3, 0.4) is 0 Å². The Hall–Kier alpha value is -1.49. The van der Waals surface area contributed by atoms with Gasteiger partial charge in [-0.25, -0.2) is 8.78 Å². The van der Waals surface area contributed by atoms with Gasteiger partial charge in [0.25, 0.3) is 0 Å². The van der Waals surface area contributed by atoms with Gasteiger partial charge in [0.2, 0.25) is 0 Å². The van der Waals surface area contributed by atoms with Crippen molar-refractivity contribution in [1.29, 1.82) is 0 Å². The maximum atomic E-state index is 13.1. The third-order valence-electron chi connectivity index (χ3n) is 2.09. The first-order valence-corrected chi connectivity index (χ1v) is 4.38. The van der Waals surface area contributed by atoms with Crippen LogP contribution in [-0.4, -0.2) is 24.2 Å². The standard InChI is InChI=1S/C10H11F2NO2/c1-13-9(10(14)15)4-6-2-3-7(11)5-8(6)12/h2-3,5,9,13H,4H2,1H3,(H,14,15)/t9-/m0/s1. The zero-order chi connectivity index (χ0) is 11.4. The number of hydrogen-bond donors (Lipinski definition) is 2. The van der Waals surface area contributed by atoms with E-state index in [4.69, 9.17) is 5.11 Å². The lowest BCUT2D eigenvalue weighted by Crippen LogP contribution is -2.36. The van der Waals surface area contributed by atoms with Gasteiger partial charge in [-0.3, -0.25) is 4.79 Å². The highest BCUT2D eigenvalue weighted by atomic mass is 19.1. The summed E-state index contributed by atoms with van der Waals surface area (Å²) in [5.41, 5.74) is 0.179. The summed E-state index contributed by atoms with van der Waals surface area (Å²) in [4.78, 5) is 10.7. The molecule has 0 spiro atoms. The smallest absolute Gasteiger partial charge is 0.321 e. The highest BCUT2D eigenvalue weighted by Gasteiger charge is 2.17. The minimum absolute atomic E-state index is 0.0159. The van der Waals surface area contributed by atoms with Gasteiger partial charge in [0.05, 0.1) is 0 Å². The SMILES string of the molecule is CN[C@@H](Cc1ccc(F)cc1F)C(=O)O. The van der Waals surface area contributed by atoms with E-state index >= 15 is 0 Å². The average Bonchev–Trinajstić information content (AvgIpc) is 2.16. The molecule has 15 heavy (non-hydrogen) atoms. The van der Waals surface area contributed by atoms with Gasteiger partial charge in [-0.05, 0) is 18.7 Å². The molecule has 0 saturated heterocycles. The first-order chi connectivity index (χ1) is 7.04. The van der Waals surface area contributed by atoms with Crippen LogP contribution in [-0.2, 0) is 11.2 Å². The van der Waals surface area contributed by atoms with Crippen molar-refractivity contribution >= 4 is 5.97 Å². The van der Waals surface area contributed by atoms with Crippen molar-refractivity contribution in [3.8, 4) is 0 Å². The van der Waals surface area contributed by atoms with Crippen molar-refractivity contribution in [3.63, 3.8) is 0 Å². The van der Waals surface area contributed by atoms with Crippen LogP contribution in [0.4, 0.5) is 8.78 Å². The van der Waals surface area contributed by atoms with E-state index in [1.807, 2.05) is 0 Å². The van der Waals surface area contributed by atoms with Crippen molar-refractivity contribution < 1.29 is 18.7 Å². The van der Waals surface area contributed by atoms with Gasteiger partial charge < -0.3 is 10.4 Å². The number of benzene rings is 1. The maximum Gasteiger partial charge on any atom is 0.321 e. The van der Waals surface area contributed by atoms with Crippen LogP contribution >= 0.6 is 0 Å². The number of likely N-dealkylation sites (N-methyl/N-ethyl adjacent to an activating group) is 1. The predicted molar refractivity (Wildman–Crippen MR) is 50.5 cm³/mol.